The van der Waals surface area contributed by atoms with E-state index in [1.54, 1.807) is 50.2 Å². The first-order valence-electron chi connectivity index (χ1n) is 7.03. The average Bonchev–Trinajstić information content (AvgIpc) is 3.01. The van der Waals surface area contributed by atoms with Gasteiger partial charge in [0.15, 0.2) is 5.60 Å². The zero-order valence-electron chi connectivity index (χ0n) is 12.8. The SMILES string of the molecule is CC(C)(Oc1ccc(Cl)cc1)C(=O)Nc1c(Cl)ccc2nsnc12. The Bertz CT molecular complexity index is 894. The van der Waals surface area contributed by atoms with Crippen LogP contribution in [0.2, 0.25) is 10.0 Å². The molecule has 24 heavy (non-hydrogen) atoms. The molecule has 1 amide bonds. The van der Waals surface area contributed by atoms with Crippen molar-refractivity contribution < 1.29 is 9.53 Å². The van der Waals surface area contributed by atoms with E-state index in [-0.39, 0.29) is 5.91 Å². The molecule has 0 atom stereocenters. The van der Waals surface area contributed by atoms with Gasteiger partial charge in [0.25, 0.3) is 5.91 Å². The summed E-state index contributed by atoms with van der Waals surface area (Å²) in [5.41, 5.74) is 0.544. The van der Waals surface area contributed by atoms with E-state index < -0.39 is 5.60 Å². The van der Waals surface area contributed by atoms with Crippen molar-refractivity contribution in [2.75, 3.05) is 5.32 Å². The molecule has 0 unspecified atom stereocenters. The first kappa shape index (κ1) is 17.0. The molecule has 5 nitrogen and oxygen atoms in total. The lowest BCUT2D eigenvalue weighted by Gasteiger charge is -2.25. The number of amides is 1. The van der Waals surface area contributed by atoms with E-state index in [1.165, 1.54) is 0 Å². The number of anilines is 1. The first-order valence-corrected chi connectivity index (χ1v) is 8.52. The second-order valence-corrected chi connectivity index (χ2v) is 6.95. The molecule has 0 bridgehead atoms. The molecule has 0 saturated carbocycles. The highest BCUT2D eigenvalue weighted by Crippen LogP contribution is 2.31. The number of hydrogen-bond donors (Lipinski definition) is 1. The monoisotopic (exact) mass is 381 g/mol. The molecule has 8 heteroatoms. The minimum absolute atomic E-state index is 0.347. The quantitative estimate of drug-likeness (QED) is 0.705. The van der Waals surface area contributed by atoms with Gasteiger partial charge in [-0.25, -0.2) is 0 Å². The molecule has 0 radical (unpaired) electrons. The maximum atomic E-state index is 12.7. The summed E-state index contributed by atoms with van der Waals surface area (Å²) in [5.74, 6) is 0.194. The van der Waals surface area contributed by atoms with Gasteiger partial charge in [-0.15, -0.1) is 0 Å². The predicted molar refractivity (Wildman–Crippen MR) is 97.2 cm³/mol. The lowest BCUT2D eigenvalue weighted by Crippen LogP contribution is -2.42. The van der Waals surface area contributed by atoms with Gasteiger partial charge in [0.05, 0.1) is 22.4 Å². The van der Waals surface area contributed by atoms with Crippen molar-refractivity contribution in [2.24, 2.45) is 0 Å². The first-order chi connectivity index (χ1) is 11.4. The van der Waals surface area contributed by atoms with E-state index in [0.717, 1.165) is 11.7 Å². The van der Waals surface area contributed by atoms with Crippen molar-refractivity contribution in [3.63, 3.8) is 0 Å². The van der Waals surface area contributed by atoms with Gasteiger partial charge in [0, 0.05) is 5.02 Å². The Balaban J connectivity index is 1.83. The minimum atomic E-state index is -1.12. The molecule has 3 aromatic rings. The fourth-order valence-electron chi connectivity index (χ4n) is 2.05. The average molecular weight is 382 g/mol. The van der Waals surface area contributed by atoms with E-state index in [4.69, 9.17) is 27.9 Å². The summed E-state index contributed by atoms with van der Waals surface area (Å²) < 4.78 is 14.1. The molecule has 2 aromatic carbocycles. The summed E-state index contributed by atoms with van der Waals surface area (Å²) >= 11 is 13.1. The Labute approximate surface area is 152 Å². The molecule has 3 rings (SSSR count). The van der Waals surface area contributed by atoms with Gasteiger partial charge in [-0.2, -0.15) is 8.75 Å². The third kappa shape index (κ3) is 3.45. The number of halogens is 2. The number of nitrogens with zero attached hydrogens (tertiary/aromatic N) is 2. The second kappa shape index (κ2) is 6.55. The summed E-state index contributed by atoms with van der Waals surface area (Å²) in [4.78, 5) is 12.7. The summed E-state index contributed by atoms with van der Waals surface area (Å²) in [6.45, 7) is 3.34. The smallest absolute Gasteiger partial charge is 0.268 e. The number of rotatable bonds is 4. The third-order valence-electron chi connectivity index (χ3n) is 3.35. The van der Waals surface area contributed by atoms with Crippen molar-refractivity contribution in [1.29, 1.82) is 0 Å². The summed E-state index contributed by atoms with van der Waals surface area (Å²) in [7, 11) is 0. The molecule has 0 aliphatic rings. The van der Waals surface area contributed by atoms with Crippen molar-refractivity contribution in [2.45, 2.75) is 19.4 Å². The van der Waals surface area contributed by atoms with Gasteiger partial charge >= 0.3 is 0 Å². The van der Waals surface area contributed by atoms with Crippen LogP contribution in [0.1, 0.15) is 13.8 Å². The van der Waals surface area contributed by atoms with Gasteiger partial charge in [-0.1, -0.05) is 23.2 Å². The summed E-state index contributed by atoms with van der Waals surface area (Å²) in [6, 6.07) is 10.2. The number of ether oxygens (including phenoxy) is 1. The van der Waals surface area contributed by atoms with E-state index in [1.807, 2.05) is 0 Å². The minimum Gasteiger partial charge on any atom is -0.478 e. The third-order valence-corrected chi connectivity index (χ3v) is 4.46. The highest BCUT2D eigenvalue weighted by molar-refractivity contribution is 7.00. The van der Waals surface area contributed by atoms with Gasteiger partial charge < -0.3 is 10.1 Å². The van der Waals surface area contributed by atoms with E-state index in [0.29, 0.717) is 32.5 Å². The molecule has 0 saturated heterocycles. The molecule has 0 aliphatic heterocycles. The lowest BCUT2D eigenvalue weighted by atomic mass is 10.1. The van der Waals surface area contributed by atoms with Crippen LogP contribution in [-0.2, 0) is 4.79 Å². The van der Waals surface area contributed by atoms with Crippen LogP contribution in [-0.4, -0.2) is 20.3 Å². The van der Waals surface area contributed by atoms with Crippen LogP contribution in [0.25, 0.3) is 11.0 Å². The molecule has 124 valence electrons. The summed E-state index contributed by atoms with van der Waals surface area (Å²) in [6.07, 6.45) is 0. The van der Waals surface area contributed by atoms with E-state index in [2.05, 4.69) is 14.1 Å². The number of carbonyl (C=O) groups is 1. The number of benzene rings is 2. The molecule has 1 heterocycles. The fraction of sp³-hybridized carbons (Fsp3) is 0.188. The molecule has 1 aromatic heterocycles. The Morgan fingerprint density at radius 3 is 2.54 bits per heavy atom. The molecule has 1 N–H and O–H groups in total. The standard InChI is InChI=1S/C16H13Cl2N3O2S/c1-16(2,23-10-5-3-9(17)4-6-10)15(22)19-13-11(18)7-8-12-14(13)21-24-20-12/h3-8H,1-2H3,(H,19,22). The Hall–Kier alpha value is -1.89. The van der Waals surface area contributed by atoms with Gasteiger partial charge in [0.1, 0.15) is 16.8 Å². The van der Waals surface area contributed by atoms with Crippen molar-refractivity contribution in [3.8, 4) is 5.75 Å². The molecular weight excluding hydrogens is 369 g/mol. The molecule has 0 aliphatic carbocycles. The highest BCUT2D eigenvalue weighted by Gasteiger charge is 2.31. The van der Waals surface area contributed by atoms with Crippen LogP contribution in [0.15, 0.2) is 36.4 Å². The van der Waals surface area contributed by atoms with Crippen LogP contribution < -0.4 is 10.1 Å². The van der Waals surface area contributed by atoms with Crippen LogP contribution in [0, 0.1) is 0 Å². The maximum absolute atomic E-state index is 12.7. The van der Waals surface area contributed by atoms with Gasteiger partial charge in [-0.05, 0) is 50.2 Å². The largest absolute Gasteiger partial charge is 0.478 e. The maximum Gasteiger partial charge on any atom is 0.268 e. The number of hydrogen-bond acceptors (Lipinski definition) is 5. The molecular formula is C16H13Cl2N3O2S. The molecule has 0 fully saturated rings. The van der Waals surface area contributed by atoms with Crippen LogP contribution in [0.5, 0.6) is 5.75 Å². The van der Waals surface area contributed by atoms with Crippen LogP contribution >= 0.6 is 34.9 Å². The molecule has 0 spiro atoms. The topological polar surface area (TPSA) is 64.1 Å². The Kier molecular flexibility index (Phi) is 4.62. The van der Waals surface area contributed by atoms with Crippen molar-refractivity contribution in [1.82, 2.24) is 8.75 Å². The summed E-state index contributed by atoms with van der Waals surface area (Å²) in [5, 5.41) is 3.78. The second-order valence-electron chi connectivity index (χ2n) is 5.57. The van der Waals surface area contributed by atoms with Crippen LogP contribution in [0.4, 0.5) is 5.69 Å². The zero-order chi connectivity index (χ0) is 17.3. The fourth-order valence-corrected chi connectivity index (χ4v) is 2.92. The number of carbonyl (C=O) groups excluding carboxylic acids is 1. The zero-order valence-corrected chi connectivity index (χ0v) is 15.2. The highest BCUT2D eigenvalue weighted by atomic mass is 35.5. The predicted octanol–water partition coefficient (Wildman–Crippen LogP) is 4.79. The van der Waals surface area contributed by atoms with Gasteiger partial charge in [0.2, 0.25) is 0 Å². The van der Waals surface area contributed by atoms with Crippen molar-refractivity contribution in [3.05, 3.63) is 46.4 Å². The lowest BCUT2D eigenvalue weighted by molar-refractivity contribution is -0.128. The number of nitrogens with one attached hydrogen (secondary N) is 1. The number of aromatic nitrogens is 2. The van der Waals surface area contributed by atoms with Crippen LogP contribution in [0.3, 0.4) is 0 Å². The Morgan fingerprint density at radius 2 is 1.83 bits per heavy atom. The number of fused-ring (bicyclic) bond motifs is 1. The Morgan fingerprint density at radius 1 is 1.12 bits per heavy atom. The normalized spacial score (nSPS) is 11.5. The van der Waals surface area contributed by atoms with E-state index in [9.17, 15) is 4.79 Å². The van der Waals surface area contributed by atoms with Crippen molar-refractivity contribution >= 4 is 57.6 Å². The van der Waals surface area contributed by atoms with Gasteiger partial charge in [-0.3, -0.25) is 4.79 Å². The van der Waals surface area contributed by atoms with E-state index >= 15 is 0 Å².